The zero-order valence-corrected chi connectivity index (χ0v) is 15.2. The molecule has 0 unspecified atom stereocenters. The third-order valence-electron chi connectivity index (χ3n) is 3.57. The molecule has 0 saturated heterocycles. The number of aliphatic carboxylic acids is 1. The van der Waals surface area contributed by atoms with Crippen LogP contribution in [0.3, 0.4) is 0 Å². The molecule has 1 aromatic heterocycles. The summed E-state index contributed by atoms with van der Waals surface area (Å²) in [6.45, 7) is 2.41. The van der Waals surface area contributed by atoms with Gasteiger partial charge in [-0.05, 0) is 54.6 Å². The van der Waals surface area contributed by atoms with E-state index < -0.39 is 5.97 Å². The van der Waals surface area contributed by atoms with Crippen LogP contribution in [0.1, 0.15) is 12.5 Å². The number of aromatic amines is 1. The zero-order chi connectivity index (χ0) is 18.5. The van der Waals surface area contributed by atoms with Crippen molar-refractivity contribution in [2.75, 3.05) is 13.7 Å². The van der Waals surface area contributed by atoms with Gasteiger partial charge in [-0.3, -0.25) is 0 Å². The maximum atomic E-state index is 11.7. The van der Waals surface area contributed by atoms with E-state index in [0.717, 1.165) is 22.8 Å². The second kappa shape index (κ2) is 7.97. The second-order valence-electron chi connectivity index (χ2n) is 5.32. The summed E-state index contributed by atoms with van der Waals surface area (Å²) in [5, 5.41) is 10.1. The van der Waals surface area contributed by atoms with Crippen LogP contribution in [0.15, 0.2) is 52.5 Å². The van der Waals surface area contributed by atoms with Crippen LogP contribution in [-0.4, -0.2) is 34.8 Å². The second-order valence-corrected chi connectivity index (χ2v) is 6.35. The molecule has 0 aliphatic rings. The Balaban J connectivity index is 1.90. The number of carboxylic acid groups (broad SMARTS) is 1. The molecule has 0 aliphatic heterocycles. The van der Waals surface area contributed by atoms with Crippen LogP contribution < -0.4 is 9.47 Å². The number of nitrogens with one attached hydrogen (secondary N) is 1. The van der Waals surface area contributed by atoms with Crippen molar-refractivity contribution in [3.63, 3.8) is 0 Å². The Hall–Kier alpha value is -2.93. The van der Waals surface area contributed by atoms with E-state index in [2.05, 4.69) is 9.97 Å². The van der Waals surface area contributed by atoms with Gasteiger partial charge in [-0.1, -0.05) is 18.2 Å². The van der Waals surface area contributed by atoms with Crippen molar-refractivity contribution in [1.29, 1.82) is 0 Å². The highest BCUT2D eigenvalue weighted by Crippen LogP contribution is 2.32. The highest BCUT2D eigenvalue weighted by atomic mass is 32.2. The standard InChI is InChI=1S/C19H18N2O4S/c1-3-25-15-9-8-12(10-16(15)24-2)11-17(18(22)23)26-19-20-13-6-4-5-7-14(13)21-19/h4-11H,3H2,1-2H3,(H,20,21)(H,22,23)/b17-11-. The van der Waals surface area contributed by atoms with Gasteiger partial charge in [0.25, 0.3) is 0 Å². The fourth-order valence-corrected chi connectivity index (χ4v) is 3.21. The smallest absolute Gasteiger partial charge is 0.342 e. The Morgan fingerprint density at radius 1 is 1.27 bits per heavy atom. The fraction of sp³-hybridized carbons (Fsp3) is 0.158. The number of carbonyl (C=O) groups is 1. The molecule has 3 aromatic rings. The predicted octanol–water partition coefficient (Wildman–Crippen LogP) is 4.19. The van der Waals surface area contributed by atoms with Gasteiger partial charge in [-0.15, -0.1) is 0 Å². The number of H-pyrrole nitrogens is 1. The summed E-state index contributed by atoms with van der Waals surface area (Å²) >= 11 is 1.07. The molecular weight excluding hydrogens is 352 g/mol. The monoisotopic (exact) mass is 370 g/mol. The minimum absolute atomic E-state index is 0.148. The van der Waals surface area contributed by atoms with E-state index in [1.54, 1.807) is 31.4 Å². The lowest BCUT2D eigenvalue weighted by molar-refractivity contribution is -0.131. The van der Waals surface area contributed by atoms with Gasteiger partial charge in [-0.25, -0.2) is 9.78 Å². The molecule has 1 heterocycles. The summed E-state index contributed by atoms with van der Waals surface area (Å²) < 4.78 is 10.8. The molecule has 0 bridgehead atoms. The molecule has 3 rings (SSSR count). The third-order valence-corrected chi connectivity index (χ3v) is 4.47. The number of para-hydroxylation sites is 2. The minimum Gasteiger partial charge on any atom is -0.493 e. The van der Waals surface area contributed by atoms with E-state index in [1.807, 2.05) is 31.2 Å². The predicted molar refractivity (Wildman–Crippen MR) is 102 cm³/mol. The molecule has 2 aromatic carbocycles. The first-order valence-electron chi connectivity index (χ1n) is 7.99. The Bertz CT molecular complexity index is 932. The Morgan fingerprint density at radius 3 is 2.77 bits per heavy atom. The normalized spacial score (nSPS) is 11.5. The molecule has 0 radical (unpaired) electrons. The Labute approximate surface area is 154 Å². The van der Waals surface area contributed by atoms with Gasteiger partial charge in [0.15, 0.2) is 16.7 Å². The lowest BCUT2D eigenvalue weighted by atomic mass is 10.2. The Kier molecular flexibility index (Phi) is 5.48. The number of fused-ring (bicyclic) bond motifs is 1. The molecule has 0 atom stereocenters. The van der Waals surface area contributed by atoms with Crippen LogP contribution in [0.5, 0.6) is 11.5 Å². The van der Waals surface area contributed by atoms with Crippen molar-refractivity contribution in [1.82, 2.24) is 9.97 Å². The molecule has 0 spiro atoms. The quantitative estimate of drug-likeness (QED) is 0.479. The van der Waals surface area contributed by atoms with E-state index in [4.69, 9.17) is 9.47 Å². The third kappa shape index (κ3) is 4.00. The van der Waals surface area contributed by atoms with Crippen molar-refractivity contribution in [3.05, 3.63) is 52.9 Å². The number of hydrogen-bond acceptors (Lipinski definition) is 5. The van der Waals surface area contributed by atoms with Gasteiger partial charge in [0.1, 0.15) is 4.91 Å². The highest BCUT2D eigenvalue weighted by Gasteiger charge is 2.14. The first kappa shape index (κ1) is 17.9. The lowest BCUT2D eigenvalue weighted by Crippen LogP contribution is -1.98. The number of carboxylic acids is 1. The number of hydrogen-bond donors (Lipinski definition) is 2. The molecule has 0 fully saturated rings. The van der Waals surface area contributed by atoms with Gasteiger partial charge in [-0.2, -0.15) is 0 Å². The topological polar surface area (TPSA) is 84.4 Å². The number of aromatic nitrogens is 2. The number of benzene rings is 2. The van der Waals surface area contributed by atoms with E-state index in [1.165, 1.54) is 0 Å². The van der Waals surface area contributed by atoms with Crippen LogP contribution in [0, 0.1) is 0 Å². The van der Waals surface area contributed by atoms with Crippen molar-refractivity contribution >= 4 is 34.8 Å². The average molecular weight is 370 g/mol. The molecular formula is C19H18N2O4S. The molecule has 7 heteroatoms. The van der Waals surface area contributed by atoms with Gasteiger partial charge in [0.05, 0.1) is 24.8 Å². The summed E-state index contributed by atoms with van der Waals surface area (Å²) in [6, 6.07) is 12.8. The van der Waals surface area contributed by atoms with Crippen LogP contribution in [0.4, 0.5) is 0 Å². The maximum Gasteiger partial charge on any atom is 0.342 e. The fourth-order valence-electron chi connectivity index (χ4n) is 2.42. The maximum absolute atomic E-state index is 11.7. The molecule has 0 saturated carbocycles. The van der Waals surface area contributed by atoms with Crippen LogP contribution >= 0.6 is 11.8 Å². The van der Waals surface area contributed by atoms with E-state index in [0.29, 0.717) is 28.8 Å². The van der Waals surface area contributed by atoms with Crippen LogP contribution in [-0.2, 0) is 4.79 Å². The largest absolute Gasteiger partial charge is 0.493 e. The number of thioether (sulfide) groups is 1. The van der Waals surface area contributed by atoms with E-state index in [9.17, 15) is 9.90 Å². The number of imidazole rings is 1. The van der Waals surface area contributed by atoms with Gasteiger partial charge < -0.3 is 19.6 Å². The van der Waals surface area contributed by atoms with Crippen LogP contribution in [0.2, 0.25) is 0 Å². The summed E-state index contributed by atoms with van der Waals surface area (Å²) in [7, 11) is 1.55. The number of rotatable bonds is 7. The van der Waals surface area contributed by atoms with E-state index >= 15 is 0 Å². The number of nitrogens with zero attached hydrogens (tertiary/aromatic N) is 1. The molecule has 0 amide bonds. The van der Waals surface area contributed by atoms with Crippen molar-refractivity contribution in [2.24, 2.45) is 0 Å². The number of ether oxygens (including phenoxy) is 2. The highest BCUT2D eigenvalue weighted by molar-refractivity contribution is 8.04. The summed E-state index contributed by atoms with van der Waals surface area (Å²) in [5.41, 5.74) is 2.36. The molecule has 0 aliphatic carbocycles. The molecule has 26 heavy (non-hydrogen) atoms. The lowest BCUT2D eigenvalue weighted by Gasteiger charge is -2.10. The Morgan fingerprint density at radius 2 is 2.08 bits per heavy atom. The average Bonchev–Trinajstić information content (AvgIpc) is 3.04. The summed E-state index contributed by atoms with van der Waals surface area (Å²) in [5.74, 6) is 0.149. The summed E-state index contributed by atoms with van der Waals surface area (Å²) in [4.78, 5) is 19.3. The first-order chi connectivity index (χ1) is 12.6. The molecule has 6 nitrogen and oxygen atoms in total. The van der Waals surface area contributed by atoms with Gasteiger partial charge >= 0.3 is 5.97 Å². The van der Waals surface area contributed by atoms with Gasteiger partial charge in [0, 0.05) is 0 Å². The molecule has 134 valence electrons. The minimum atomic E-state index is -1.02. The van der Waals surface area contributed by atoms with Crippen molar-refractivity contribution < 1.29 is 19.4 Å². The van der Waals surface area contributed by atoms with Crippen LogP contribution in [0.25, 0.3) is 17.1 Å². The number of methoxy groups -OCH3 is 1. The molecule has 2 N–H and O–H groups in total. The summed E-state index contributed by atoms with van der Waals surface area (Å²) in [6.07, 6.45) is 1.58. The SMILES string of the molecule is CCOc1ccc(/C=C(\Sc2nc3ccccc3[nH]2)C(=O)O)cc1OC. The van der Waals surface area contributed by atoms with Crippen molar-refractivity contribution in [3.8, 4) is 11.5 Å². The zero-order valence-electron chi connectivity index (χ0n) is 14.4. The van der Waals surface area contributed by atoms with Gasteiger partial charge in [0.2, 0.25) is 0 Å². The van der Waals surface area contributed by atoms with Crippen molar-refractivity contribution in [2.45, 2.75) is 12.1 Å². The first-order valence-corrected chi connectivity index (χ1v) is 8.80. The van der Waals surface area contributed by atoms with E-state index in [-0.39, 0.29) is 4.91 Å².